The van der Waals surface area contributed by atoms with Crippen LogP contribution in [0.15, 0.2) is 65.3 Å². The van der Waals surface area contributed by atoms with Gasteiger partial charge >= 0.3 is 0 Å². The Hall–Kier alpha value is -3.87. The van der Waals surface area contributed by atoms with Crippen LogP contribution in [0.1, 0.15) is 44.8 Å². The Labute approximate surface area is 167 Å². The van der Waals surface area contributed by atoms with Crippen molar-refractivity contribution in [2.75, 3.05) is 7.11 Å². The van der Waals surface area contributed by atoms with E-state index in [-0.39, 0.29) is 34.0 Å². The molecule has 3 rings (SSSR count). The van der Waals surface area contributed by atoms with E-state index in [9.17, 15) is 14.7 Å². The number of hydrogen-bond donors (Lipinski definition) is 3. The molecule has 7 nitrogen and oxygen atoms in total. The van der Waals surface area contributed by atoms with Crippen LogP contribution in [0, 0.1) is 5.41 Å². The molecule has 3 aromatic rings. The molecule has 0 fully saturated rings. The number of aromatic hydroxyl groups is 1. The van der Waals surface area contributed by atoms with Gasteiger partial charge in [-0.05, 0) is 36.8 Å². The van der Waals surface area contributed by atoms with Crippen molar-refractivity contribution in [3.05, 3.63) is 88.7 Å². The summed E-state index contributed by atoms with van der Waals surface area (Å²) in [6.07, 6.45) is 1.08. The predicted molar refractivity (Wildman–Crippen MR) is 105 cm³/mol. The van der Waals surface area contributed by atoms with Crippen LogP contribution in [0.2, 0.25) is 0 Å². The highest BCUT2D eigenvalue weighted by molar-refractivity contribution is 6.11. The Balaban J connectivity index is 1.89. The quantitative estimate of drug-likeness (QED) is 0.558. The lowest BCUT2D eigenvalue weighted by Gasteiger charge is -2.14. The molecular weight excluding hydrogens is 372 g/mol. The molecule has 0 aliphatic rings. The second-order valence-corrected chi connectivity index (χ2v) is 6.40. The number of carbonyl (C=O) groups is 2. The average Bonchev–Trinajstić information content (AvgIpc) is 2.74. The monoisotopic (exact) mass is 392 g/mol. The van der Waals surface area contributed by atoms with Gasteiger partial charge in [0, 0.05) is 0 Å². The van der Waals surface area contributed by atoms with Gasteiger partial charge in [-0.25, -0.2) is 0 Å². The minimum Gasteiger partial charge on any atom is -0.507 e. The minimum atomic E-state index is -0.560. The van der Waals surface area contributed by atoms with E-state index < -0.39 is 11.7 Å². The molecule has 0 saturated carbocycles. The fourth-order valence-corrected chi connectivity index (χ4v) is 2.81. The molecule has 0 aliphatic carbocycles. The van der Waals surface area contributed by atoms with E-state index in [1.54, 1.807) is 0 Å². The fourth-order valence-electron chi connectivity index (χ4n) is 2.81. The number of nitrogens with one attached hydrogen (secondary N) is 2. The summed E-state index contributed by atoms with van der Waals surface area (Å²) in [5.74, 6) is -0.931. The van der Waals surface area contributed by atoms with Gasteiger partial charge in [0.05, 0.1) is 24.3 Å². The minimum absolute atomic E-state index is 0.00120. The molecular formula is C22H20N2O5. The largest absolute Gasteiger partial charge is 0.507 e. The number of phenolic OH excluding ortho intramolecular Hbond substituents is 1. The van der Waals surface area contributed by atoms with Crippen molar-refractivity contribution >= 4 is 11.7 Å². The SMILES string of the molecule is COc1ccc(O)c(C(=O)c2coc(=N)c(C(=O)N[C@H](C)c3ccccc3)c2)c1. The van der Waals surface area contributed by atoms with Gasteiger partial charge in [-0.15, -0.1) is 0 Å². The van der Waals surface area contributed by atoms with E-state index >= 15 is 0 Å². The molecule has 148 valence electrons. The van der Waals surface area contributed by atoms with Crippen molar-refractivity contribution in [1.82, 2.24) is 5.32 Å². The van der Waals surface area contributed by atoms with Gasteiger partial charge in [-0.1, -0.05) is 30.3 Å². The Kier molecular flexibility index (Phi) is 5.78. The van der Waals surface area contributed by atoms with Crippen LogP contribution in [0.5, 0.6) is 11.5 Å². The maximum Gasteiger partial charge on any atom is 0.257 e. The van der Waals surface area contributed by atoms with Gasteiger partial charge in [0.2, 0.25) is 5.55 Å². The Bertz CT molecular complexity index is 1110. The first-order chi connectivity index (χ1) is 13.9. The number of benzene rings is 2. The Morgan fingerprint density at radius 2 is 1.83 bits per heavy atom. The first kappa shape index (κ1) is 19.9. The zero-order valence-corrected chi connectivity index (χ0v) is 15.9. The molecule has 1 heterocycles. The summed E-state index contributed by atoms with van der Waals surface area (Å²) in [7, 11) is 1.45. The number of carbonyl (C=O) groups excluding carboxylic acids is 2. The molecule has 29 heavy (non-hydrogen) atoms. The molecule has 0 aliphatic heterocycles. The molecule has 1 amide bonds. The van der Waals surface area contributed by atoms with Crippen molar-refractivity contribution in [2.45, 2.75) is 13.0 Å². The number of rotatable bonds is 6. The summed E-state index contributed by atoms with van der Waals surface area (Å²) in [5, 5.41) is 20.7. The Morgan fingerprint density at radius 1 is 1.10 bits per heavy atom. The zero-order chi connectivity index (χ0) is 21.0. The van der Waals surface area contributed by atoms with E-state index in [1.807, 2.05) is 37.3 Å². The van der Waals surface area contributed by atoms with Gasteiger partial charge in [-0.3, -0.25) is 15.0 Å². The van der Waals surface area contributed by atoms with Crippen LogP contribution in [-0.4, -0.2) is 23.9 Å². The van der Waals surface area contributed by atoms with Gasteiger partial charge < -0.3 is 19.6 Å². The van der Waals surface area contributed by atoms with Crippen LogP contribution in [0.4, 0.5) is 0 Å². The standard InChI is InChI=1S/C22H20N2O5/c1-13(14-6-4-3-5-7-14)24-22(27)18-10-15(12-29-21(18)23)20(26)17-11-16(28-2)8-9-19(17)25/h3-13,23,25H,1-2H3,(H,24,27)/t13-/m1/s1. The van der Waals surface area contributed by atoms with Gasteiger partial charge in [0.25, 0.3) is 5.91 Å². The van der Waals surface area contributed by atoms with Crippen molar-refractivity contribution in [3.63, 3.8) is 0 Å². The van der Waals surface area contributed by atoms with Crippen LogP contribution in [-0.2, 0) is 0 Å². The third-order valence-corrected chi connectivity index (χ3v) is 4.45. The third-order valence-electron chi connectivity index (χ3n) is 4.45. The number of ketones is 1. The first-order valence-corrected chi connectivity index (χ1v) is 8.85. The maximum atomic E-state index is 12.8. The Morgan fingerprint density at radius 3 is 2.52 bits per heavy atom. The van der Waals surface area contributed by atoms with Gasteiger partial charge in [0.1, 0.15) is 23.3 Å². The fraction of sp³-hybridized carbons (Fsp3) is 0.136. The van der Waals surface area contributed by atoms with Crippen molar-refractivity contribution in [3.8, 4) is 11.5 Å². The molecule has 0 bridgehead atoms. The number of methoxy groups -OCH3 is 1. The van der Waals surface area contributed by atoms with E-state index in [2.05, 4.69) is 5.32 Å². The van der Waals surface area contributed by atoms with Crippen molar-refractivity contribution < 1.29 is 23.8 Å². The van der Waals surface area contributed by atoms with Crippen LogP contribution in [0.3, 0.4) is 0 Å². The van der Waals surface area contributed by atoms with Crippen molar-refractivity contribution in [1.29, 1.82) is 5.41 Å². The topological polar surface area (TPSA) is 113 Å². The first-order valence-electron chi connectivity index (χ1n) is 8.85. The molecule has 7 heteroatoms. The second kappa shape index (κ2) is 8.43. The van der Waals surface area contributed by atoms with E-state index in [0.29, 0.717) is 5.75 Å². The molecule has 1 aromatic heterocycles. The number of hydrogen-bond acceptors (Lipinski definition) is 6. The number of amides is 1. The van der Waals surface area contributed by atoms with Gasteiger partial charge in [0.15, 0.2) is 5.78 Å². The number of phenols is 1. The summed E-state index contributed by atoms with van der Waals surface area (Å²) in [6.45, 7) is 1.82. The summed E-state index contributed by atoms with van der Waals surface area (Å²) in [5.41, 5.74) is 0.483. The number of ether oxygens (including phenoxy) is 1. The molecule has 0 spiro atoms. The molecule has 3 N–H and O–H groups in total. The lowest BCUT2D eigenvalue weighted by atomic mass is 10.0. The highest BCUT2D eigenvalue weighted by atomic mass is 16.5. The lowest BCUT2D eigenvalue weighted by molar-refractivity contribution is 0.0935. The summed E-state index contributed by atoms with van der Waals surface area (Å²) in [6, 6.07) is 14.6. The molecule has 0 unspecified atom stereocenters. The smallest absolute Gasteiger partial charge is 0.257 e. The molecule has 0 radical (unpaired) electrons. The predicted octanol–water partition coefficient (Wildman–Crippen LogP) is 3.20. The summed E-state index contributed by atoms with van der Waals surface area (Å²) in [4.78, 5) is 25.5. The zero-order valence-electron chi connectivity index (χ0n) is 15.9. The second-order valence-electron chi connectivity index (χ2n) is 6.40. The van der Waals surface area contributed by atoms with E-state index in [1.165, 1.54) is 31.4 Å². The van der Waals surface area contributed by atoms with Crippen molar-refractivity contribution in [2.24, 2.45) is 0 Å². The van der Waals surface area contributed by atoms with E-state index in [0.717, 1.165) is 11.8 Å². The average molecular weight is 392 g/mol. The maximum absolute atomic E-state index is 12.8. The van der Waals surface area contributed by atoms with Crippen LogP contribution in [0.25, 0.3) is 0 Å². The van der Waals surface area contributed by atoms with E-state index in [4.69, 9.17) is 14.6 Å². The summed E-state index contributed by atoms with van der Waals surface area (Å²) >= 11 is 0. The highest BCUT2D eigenvalue weighted by Gasteiger charge is 2.20. The third kappa shape index (κ3) is 4.35. The molecule has 0 saturated heterocycles. The summed E-state index contributed by atoms with van der Waals surface area (Å²) < 4.78 is 10.2. The lowest BCUT2D eigenvalue weighted by Crippen LogP contribution is -2.31. The van der Waals surface area contributed by atoms with Crippen LogP contribution >= 0.6 is 0 Å². The molecule has 2 aromatic carbocycles. The molecule has 1 atom stereocenters. The normalized spacial score (nSPS) is 11.5. The van der Waals surface area contributed by atoms with Crippen LogP contribution < -0.4 is 15.6 Å². The highest BCUT2D eigenvalue weighted by Crippen LogP contribution is 2.25. The van der Waals surface area contributed by atoms with Gasteiger partial charge in [-0.2, -0.15) is 0 Å².